The van der Waals surface area contributed by atoms with E-state index in [9.17, 15) is 9.59 Å². The predicted molar refractivity (Wildman–Crippen MR) is 104 cm³/mol. The standard InChI is InChI=1S/C20H21N3O2S/c1-21-18(25)12-23-15-8-3-2-6-13(15)22-14-7-4-9-16(24)19(14)20(23)17-10-5-11-26-17/h2-3,5-6,8,10-11,20,22H,4,7,9,12H2,1H3,(H,21,25)/t20-/m1/s1. The summed E-state index contributed by atoms with van der Waals surface area (Å²) in [5, 5.41) is 8.23. The maximum atomic E-state index is 12.9. The molecule has 2 heterocycles. The van der Waals surface area contributed by atoms with E-state index < -0.39 is 0 Å². The van der Waals surface area contributed by atoms with Gasteiger partial charge in [0, 0.05) is 29.6 Å². The molecule has 0 bridgehead atoms. The molecule has 134 valence electrons. The van der Waals surface area contributed by atoms with Crippen LogP contribution in [-0.4, -0.2) is 25.3 Å². The zero-order valence-corrected chi connectivity index (χ0v) is 15.4. The van der Waals surface area contributed by atoms with Crippen molar-refractivity contribution in [2.45, 2.75) is 25.3 Å². The first-order chi connectivity index (χ1) is 12.7. The zero-order valence-electron chi connectivity index (χ0n) is 14.6. The Bertz CT molecular complexity index is 873. The number of likely N-dealkylation sites (N-methyl/N-ethyl adjacent to an activating group) is 1. The Balaban J connectivity index is 1.93. The third-order valence-electron chi connectivity index (χ3n) is 4.95. The van der Waals surface area contributed by atoms with Crippen molar-refractivity contribution < 1.29 is 9.59 Å². The molecule has 6 heteroatoms. The first-order valence-electron chi connectivity index (χ1n) is 8.82. The number of amides is 1. The van der Waals surface area contributed by atoms with Crippen molar-refractivity contribution in [2.75, 3.05) is 23.8 Å². The number of carbonyl (C=O) groups is 2. The molecular weight excluding hydrogens is 346 g/mol. The number of para-hydroxylation sites is 2. The quantitative estimate of drug-likeness (QED) is 0.872. The minimum absolute atomic E-state index is 0.0753. The van der Waals surface area contributed by atoms with Gasteiger partial charge >= 0.3 is 0 Å². The van der Waals surface area contributed by atoms with Crippen LogP contribution in [0.25, 0.3) is 0 Å². The first-order valence-corrected chi connectivity index (χ1v) is 9.70. The van der Waals surface area contributed by atoms with Gasteiger partial charge in [0.25, 0.3) is 0 Å². The molecule has 0 spiro atoms. The summed E-state index contributed by atoms with van der Waals surface area (Å²) in [7, 11) is 1.64. The molecule has 26 heavy (non-hydrogen) atoms. The van der Waals surface area contributed by atoms with Gasteiger partial charge < -0.3 is 15.5 Å². The Morgan fingerprint density at radius 3 is 2.88 bits per heavy atom. The number of carbonyl (C=O) groups excluding carboxylic acids is 2. The van der Waals surface area contributed by atoms with E-state index in [1.165, 1.54) is 0 Å². The minimum atomic E-state index is -0.244. The van der Waals surface area contributed by atoms with Crippen molar-refractivity contribution in [3.63, 3.8) is 0 Å². The monoisotopic (exact) mass is 367 g/mol. The second-order valence-corrected chi connectivity index (χ2v) is 7.51. The molecule has 1 atom stereocenters. The summed E-state index contributed by atoms with van der Waals surface area (Å²) >= 11 is 1.62. The molecular formula is C20H21N3O2S. The summed E-state index contributed by atoms with van der Waals surface area (Å²) in [6, 6.07) is 11.8. The Kier molecular flexibility index (Phi) is 4.51. The van der Waals surface area contributed by atoms with E-state index in [2.05, 4.69) is 15.5 Å². The van der Waals surface area contributed by atoms with Gasteiger partial charge in [0.2, 0.25) is 5.91 Å². The van der Waals surface area contributed by atoms with E-state index >= 15 is 0 Å². The fourth-order valence-corrected chi connectivity index (χ4v) is 4.60. The molecule has 0 radical (unpaired) electrons. The van der Waals surface area contributed by atoms with Crippen LogP contribution in [-0.2, 0) is 9.59 Å². The number of anilines is 2. The molecule has 2 aromatic rings. The molecule has 0 saturated heterocycles. The van der Waals surface area contributed by atoms with Crippen LogP contribution in [0.3, 0.4) is 0 Å². The lowest BCUT2D eigenvalue weighted by Crippen LogP contribution is -2.40. The molecule has 2 N–H and O–H groups in total. The van der Waals surface area contributed by atoms with Crippen LogP contribution in [0.4, 0.5) is 11.4 Å². The number of hydrogen-bond donors (Lipinski definition) is 2. The summed E-state index contributed by atoms with van der Waals surface area (Å²) < 4.78 is 0. The molecule has 1 amide bonds. The highest BCUT2D eigenvalue weighted by atomic mass is 32.1. The fraction of sp³-hybridized carbons (Fsp3) is 0.300. The second kappa shape index (κ2) is 6.96. The van der Waals surface area contributed by atoms with Gasteiger partial charge in [-0.2, -0.15) is 0 Å². The van der Waals surface area contributed by atoms with Crippen molar-refractivity contribution in [1.29, 1.82) is 0 Å². The van der Waals surface area contributed by atoms with Crippen molar-refractivity contribution >= 4 is 34.4 Å². The number of nitrogens with one attached hydrogen (secondary N) is 2. The number of rotatable bonds is 3. The summed E-state index contributed by atoms with van der Waals surface area (Å²) in [5.41, 5.74) is 3.68. The number of nitrogens with zero attached hydrogens (tertiary/aromatic N) is 1. The van der Waals surface area contributed by atoms with Gasteiger partial charge in [0.05, 0.1) is 24.0 Å². The Morgan fingerprint density at radius 2 is 2.12 bits per heavy atom. The molecule has 1 aromatic carbocycles. The first kappa shape index (κ1) is 16.8. The molecule has 1 aliphatic heterocycles. The van der Waals surface area contributed by atoms with Crippen molar-refractivity contribution in [1.82, 2.24) is 5.32 Å². The number of ketones is 1. The van der Waals surface area contributed by atoms with Crippen LogP contribution >= 0.6 is 11.3 Å². The normalized spacial score (nSPS) is 19.3. The maximum absolute atomic E-state index is 12.9. The van der Waals surface area contributed by atoms with E-state index in [-0.39, 0.29) is 24.3 Å². The van der Waals surface area contributed by atoms with E-state index in [0.717, 1.165) is 40.4 Å². The van der Waals surface area contributed by atoms with Gasteiger partial charge in [-0.15, -0.1) is 11.3 Å². The zero-order chi connectivity index (χ0) is 18.1. The van der Waals surface area contributed by atoms with E-state index in [0.29, 0.717) is 6.42 Å². The van der Waals surface area contributed by atoms with Gasteiger partial charge in [0.1, 0.15) is 0 Å². The molecule has 0 unspecified atom stereocenters. The van der Waals surface area contributed by atoms with Gasteiger partial charge in [-0.05, 0) is 36.4 Å². The number of benzene rings is 1. The lowest BCUT2D eigenvalue weighted by molar-refractivity contribution is -0.120. The van der Waals surface area contributed by atoms with Crippen molar-refractivity contribution in [3.05, 3.63) is 57.9 Å². The maximum Gasteiger partial charge on any atom is 0.239 e. The second-order valence-electron chi connectivity index (χ2n) is 6.53. The van der Waals surface area contributed by atoms with Crippen LogP contribution in [0.1, 0.15) is 30.2 Å². The largest absolute Gasteiger partial charge is 0.358 e. The van der Waals surface area contributed by atoms with Gasteiger partial charge in [-0.25, -0.2) is 0 Å². The number of fused-ring (bicyclic) bond motifs is 1. The van der Waals surface area contributed by atoms with Crippen molar-refractivity contribution in [2.24, 2.45) is 0 Å². The molecule has 1 aromatic heterocycles. The number of Topliss-reactive ketones (excluding diaryl/α,β-unsaturated/α-hetero) is 1. The summed E-state index contributed by atoms with van der Waals surface area (Å²) in [6.45, 7) is 0.196. The lowest BCUT2D eigenvalue weighted by atomic mass is 9.88. The number of hydrogen-bond acceptors (Lipinski definition) is 5. The van der Waals surface area contributed by atoms with Crippen LogP contribution in [0.5, 0.6) is 0 Å². The van der Waals surface area contributed by atoms with E-state index in [1.54, 1.807) is 18.4 Å². The smallest absolute Gasteiger partial charge is 0.239 e. The number of allylic oxidation sites excluding steroid dienone is 1. The van der Waals surface area contributed by atoms with Gasteiger partial charge in [-0.1, -0.05) is 18.2 Å². The topological polar surface area (TPSA) is 61.4 Å². The van der Waals surface area contributed by atoms with Crippen LogP contribution in [0.2, 0.25) is 0 Å². The number of thiophene rings is 1. The van der Waals surface area contributed by atoms with E-state index in [4.69, 9.17) is 0 Å². The minimum Gasteiger partial charge on any atom is -0.358 e. The third kappa shape index (κ3) is 2.90. The predicted octanol–water partition coefficient (Wildman–Crippen LogP) is 3.47. The molecule has 0 fully saturated rings. The summed E-state index contributed by atoms with van der Waals surface area (Å²) in [5.74, 6) is 0.0977. The van der Waals surface area contributed by atoms with Crippen LogP contribution < -0.4 is 15.5 Å². The lowest BCUT2D eigenvalue weighted by Gasteiger charge is -2.34. The molecule has 4 rings (SSSR count). The average Bonchev–Trinajstić information content (AvgIpc) is 3.13. The average molecular weight is 367 g/mol. The third-order valence-corrected chi connectivity index (χ3v) is 5.87. The van der Waals surface area contributed by atoms with Gasteiger partial charge in [-0.3, -0.25) is 9.59 Å². The van der Waals surface area contributed by atoms with Crippen LogP contribution in [0.15, 0.2) is 53.0 Å². The summed E-state index contributed by atoms with van der Waals surface area (Å²) in [4.78, 5) is 28.3. The Hall–Kier alpha value is -2.60. The molecule has 5 nitrogen and oxygen atoms in total. The molecule has 0 saturated carbocycles. The highest BCUT2D eigenvalue weighted by Crippen LogP contribution is 2.45. The van der Waals surface area contributed by atoms with Crippen LogP contribution in [0, 0.1) is 0 Å². The fourth-order valence-electron chi connectivity index (χ4n) is 3.75. The highest BCUT2D eigenvalue weighted by molar-refractivity contribution is 7.10. The SMILES string of the molecule is CNC(=O)CN1c2ccccc2NC2=C(C(=O)CCC2)[C@H]1c1cccs1. The molecule has 1 aliphatic carbocycles. The van der Waals surface area contributed by atoms with E-state index in [1.807, 2.05) is 41.8 Å². The Morgan fingerprint density at radius 1 is 1.27 bits per heavy atom. The highest BCUT2D eigenvalue weighted by Gasteiger charge is 2.37. The van der Waals surface area contributed by atoms with Crippen molar-refractivity contribution in [3.8, 4) is 0 Å². The summed E-state index contributed by atoms with van der Waals surface area (Å²) in [6.07, 6.45) is 2.27. The molecule has 2 aliphatic rings. The van der Waals surface area contributed by atoms with Gasteiger partial charge in [0.15, 0.2) is 5.78 Å². The Labute approximate surface area is 156 Å².